The van der Waals surface area contributed by atoms with E-state index >= 15 is 0 Å². The van der Waals surface area contributed by atoms with Crippen LogP contribution in [0.25, 0.3) is 0 Å². The molecule has 0 spiro atoms. The van der Waals surface area contributed by atoms with Gasteiger partial charge in [-0.15, -0.1) is 0 Å². The van der Waals surface area contributed by atoms with Crippen molar-refractivity contribution in [3.8, 4) is 0 Å². The lowest BCUT2D eigenvalue weighted by atomic mass is 10.2. The molecule has 0 atom stereocenters. The normalized spacial score (nSPS) is 16.8. The molecule has 0 radical (unpaired) electrons. The Balaban J connectivity index is 1.92. The number of nitrogens with one attached hydrogen (secondary N) is 1. The minimum Gasteiger partial charge on any atom is -0.468 e. The van der Waals surface area contributed by atoms with Gasteiger partial charge in [0.25, 0.3) is 0 Å². The predicted molar refractivity (Wildman–Crippen MR) is 65.1 cm³/mol. The van der Waals surface area contributed by atoms with Crippen LogP contribution in [0.4, 0.5) is 0 Å². The molecule has 1 N–H and O–H groups in total. The molecule has 0 fully saturated rings. The molecule has 0 saturated carbocycles. The second kappa shape index (κ2) is 5.87. The fraction of sp³-hybridized carbons (Fsp3) is 0.538. The minimum absolute atomic E-state index is 0.836. The summed E-state index contributed by atoms with van der Waals surface area (Å²) in [6.07, 6.45) is 7.46. The van der Waals surface area contributed by atoms with Crippen LogP contribution in [0.1, 0.15) is 24.7 Å². The van der Waals surface area contributed by atoms with E-state index in [1.165, 1.54) is 12.0 Å². The molecule has 1 aliphatic rings. The average Bonchev–Trinajstić information content (AvgIpc) is 2.75. The Morgan fingerprint density at radius 1 is 1.44 bits per heavy atom. The third-order valence-corrected chi connectivity index (χ3v) is 2.91. The summed E-state index contributed by atoms with van der Waals surface area (Å²) in [5.74, 6) is 1.08. The molecule has 2 rings (SSSR count). The summed E-state index contributed by atoms with van der Waals surface area (Å²) in [5, 5.41) is 3.30. The first-order chi connectivity index (χ1) is 7.90. The van der Waals surface area contributed by atoms with Gasteiger partial charge in [0.2, 0.25) is 0 Å². The third-order valence-electron chi connectivity index (χ3n) is 2.91. The lowest BCUT2D eigenvalue weighted by Gasteiger charge is -2.22. The van der Waals surface area contributed by atoms with Crippen LogP contribution in [-0.2, 0) is 13.1 Å². The first kappa shape index (κ1) is 11.4. The van der Waals surface area contributed by atoms with Crippen LogP contribution in [0.5, 0.6) is 0 Å². The van der Waals surface area contributed by atoms with Crippen molar-refractivity contribution in [1.82, 2.24) is 10.2 Å². The molecular formula is C13H20N2O. The largest absolute Gasteiger partial charge is 0.468 e. The Morgan fingerprint density at radius 3 is 3.12 bits per heavy atom. The van der Waals surface area contributed by atoms with Crippen LogP contribution < -0.4 is 5.32 Å². The highest BCUT2D eigenvalue weighted by Gasteiger charge is 2.11. The third kappa shape index (κ3) is 2.97. The van der Waals surface area contributed by atoms with Crippen molar-refractivity contribution in [2.75, 3.05) is 19.6 Å². The van der Waals surface area contributed by atoms with E-state index < -0.39 is 0 Å². The van der Waals surface area contributed by atoms with Crippen molar-refractivity contribution in [1.29, 1.82) is 0 Å². The molecule has 0 saturated heterocycles. The quantitative estimate of drug-likeness (QED) is 0.771. The Morgan fingerprint density at radius 2 is 2.38 bits per heavy atom. The van der Waals surface area contributed by atoms with E-state index in [2.05, 4.69) is 35.4 Å². The summed E-state index contributed by atoms with van der Waals surface area (Å²) in [6, 6.07) is 2.09. The van der Waals surface area contributed by atoms with Gasteiger partial charge in [-0.1, -0.05) is 19.1 Å². The Hall–Kier alpha value is -1.06. The summed E-state index contributed by atoms with van der Waals surface area (Å²) in [5.41, 5.74) is 1.32. The van der Waals surface area contributed by atoms with Crippen LogP contribution >= 0.6 is 0 Å². The van der Waals surface area contributed by atoms with Gasteiger partial charge < -0.3 is 9.73 Å². The molecule has 0 unspecified atom stereocenters. The zero-order chi connectivity index (χ0) is 11.2. The Kier molecular flexibility index (Phi) is 4.19. The Bertz CT molecular complexity index is 343. The van der Waals surface area contributed by atoms with E-state index in [0.29, 0.717) is 0 Å². The zero-order valence-electron chi connectivity index (χ0n) is 9.91. The topological polar surface area (TPSA) is 28.4 Å². The van der Waals surface area contributed by atoms with Crippen LogP contribution in [-0.4, -0.2) is 24.5 Å². The van der Waals surface area contributed by atoms with Crippen LogP contribution in [0.15, 0.2) is 28.9 Å². The second-order valence-electron chi connectivity index (χ2n) is 4.14. The molecule has 0 aliphatic carbocycles. The monoisotopic (exact) mass is 220 g/mol. The maximum atomic E-state index is 5.50. The Labute approximate surface area is 97.1 Å². The first-order valence-corrected chi connectivity index (χ1v) is 6.03. The van der Waals surface area contributed by atoms with E-state index in [0.717, 1.165) is 38.5 Å². The van der Waals surface area contributed by atoms with Crippen LogP contribution in [0.3, 0.4) is 0 Å². The number of furan rings is 1. The highest BCUT2D eigenvalue weighted by Crippen LogP contribution is 2.14. The molecule has 3 heteroatoms. The van der Waals surface area contributed by atoms with E-state index in [9.17, 15) is 0 Å². The van der Waals surface area contributed by atoms with E-state index in [1.807, 2.05) is 0 Å². The maximum Gasteiger partial charge on any atom is 0.122 e. The van der Waals surface area contributed by atoms with Crippen molar-refractivity contribution in [3.05, 3.63) is 35.8 Å². The molecule has 2 heterocycles. The van der Waals surface area contributed by atoms with Crippen LogP contribution in [0.2, 0.25) is 0 Å². The molecular weight excluding hydrogens is 200 g/mol. The highest BCUT2D eigenvalue weighted by molar-refractivity contribution is 5.17. The van der Waals surface area contributed by atoms with Crippen molar-refractivity contribution < 1.29 is 4.42 Å². The highest BCUT2D eigenvalue weighted by atomic mass is 16.3. The van der Waals surface area contributed by atoms with Crippen LogP contribution in [0, 0.1) is 0 Å². The number of rotatable bonds is 5. The smallest absolute Gasteiger partial charge is 0.122 e. The van der Waals surface area contributed by atoms with E-state index in [1.54, 1.807) is 6.26 Å². The molecule has 1 aromatic heterocycles. The number of nitrogens with zero attached hydrogens (tertiary/aromatic N) is 1. The minimum atomic E-state index is 0.836. The standard InChI is InChI=1S/C13H20N2O/c1-2-14-10-13-12(6-9-16-13)11-15-7-4-3-5-8-15/h3-4,6,9,14H,2,5,7-8,10-11H2,1H3. The molecule has 0 bridgehead atoms. The lowest BCUT2D eigenvalue weighted by molar-refractivity contribution is 0.287. The molecule has 16 heavy (non-hydrogen) atoms. The SMILES string of the molecule is CCNCc1occc1CN1CC=CCC1. The lowest BCUT2D eigenvalue weighted by Crippen LogP contribution is -2.27. The van der Waals surface area contributed by atoms with Gasteiger partial charge in [0, 0.05) is 25.2 Å². The van der Waals surface area contributed by atoms with Crippen molar-refractivity contribution in [2.24, 2.45) is 0 Å². The van der Waals surface area contributed by atoms with Gasteiger partial charge in [-0.05, 0) is 19.0 Å². The molecule has 88 valence electrons. The fourth-order valence-corrected chi connectivity index (χ4v) is 1.98. The van der Waals surface area contributed by atoms with Gasteiger partial charge in [0.1, 0.15) is 5.76 Å². The van der Waals surface area contributed by atoms with Gasteiger partial charge >= 0.3 is 0 Å². The van der Waals surface area contributed by atoms with Crippen molar-refractivity contribution >= 4 is 0 Å². The molecule has 3 nitrogen and oxygen atoms in total. The van der Waals surface area contributed by atoms with E-state index in [4.69, 9.17) is 4.42 Å². The van der Waals surface area contributed by atoms with E-state index in [-0.39, 0.29) is 0 Å². The fourth-order valence-electron chi connectivity index (χ4n) is 1.98. The number of hydrogen-bond donors (Lipinski definition) is 1. The van der Waals surface area contributed by atoms with Crippen molar-refractivity contribution in [2.45, 2.75) is 26.4 Å². The van der Waals surface area contributed by atoms with Gasteiger partial charge in [-0.25, -0.2) is 0 Å². The van der Waals surface area contributed by atoms with Gasteiger partial charge in [-0.3, -0.25) is 4.90 Å². The molecule has 1 aliphatic heterocycles. The zero-order valence-corrected chi connectivity index (χ0v) is 9.91. The first-order valence-electron chi connectivity index (χ1n) is 6.03. The summed E-state index contributed by atoms with van der Waals surface area (Å²) in [6.45, 7) is 7.14. The second-order valence-corrected chi connectivity index (χ2v) is 4.14. The van der Waals surface area contributed by atoms with Crippen molar-refractivity contribution in [3.63, 3.8) is 0 Å². The maximum absolute atomic E-state index is 5.50. The molecule has 0 aromatic carbocycles. The summed E-state index contributed by atoms with van der Waals surface area (Å²) >= 11 is 0. The predicted octanol–water partition coefficient (Wildman–Crippen LogP) is 2.15. The number of hydrogen-bond acceptors (Lipinski definition) is 3. The summed E-state index contributed by atoms with van der Waals surface area (Å²) in [4.78, 5) is 2.44. The van der Waals surface area contributed by atoms with Gasteiger partial charge in [0.05, 0.1) is 12.8 Å². The molecule has 1 aromatic rings. The van der Waals surface area contributed by atoms with Gasteiger partial charge in [-0.2, -0.15) is 0 Å². The summed E-state index contributed by atoms with van der Waals surface area (Å²) in [7, 11) is 0. The summed E-state index contributed by atoms with van der Waals surface area (Å²) < 4.78 is 5.50. The molecule has 0 amide bonds. The van der Waals surface area contributed by atoms with Gasteiger partial charge in [0.15, 0.2) is 0 Å². The average molecular weight is 220 g/mol.